The lowest BCUT2D eigenvalue weighted by Crippen LogP contribution is -2.41. The summed E-state index contributed by atoms with van der Waals surface area (Å²) in [6.45, 7) is 4.18. The van der Waals surface area contributed by atoms with E-state index in [0.29, 0.717) is 16.7 Å². The first-order valence-corrected chi connectivity index (χ1v) is 9.89. The van der Waals surface area contributed by atoms with Gasteiger partial charge >= 0.3 is 5.97 Å². The third-order valence-corrected chi connectivity index (χ3v) is 5.77. The molecular formula is C23H24N2O4. The predicted octanol–water partition coefficient (Wildman–Crippen LogP) is 4.00. The number of furan rings is 1. The Morgan fingerprint density at radius 1 is 1.00 bits per heavy atom. The Morgan fingerprint density at radius 3 is 2.24 bits per heavy atom. The van der Waals surface area contributed by atoms with Crippen LogP contribution in [0.1, 0.15) is 40.2 Å². The van der Waals surface area contributed by atoms with Gasteiger partial charge in [0.2, 0.25) is 0 Å². The van der Waals surface area contributed by atoms with E-state index in [1.54, 1.807) is 36.4 Å². The number of nitrogens with zero attached hydrogens (tertiary/aromatic N) is 1. The van der Waals surface area contributed by atoms with Crippen molar-refractivity contribution in [1.82, 2.24) is 4.90 Å². The zero-order valence-electron chi connectivity index (χ0n) is 16.1. The highest BCUT2D eigenvalue weighted by atomic mass is 16.4. The van der Waals surface area contributed by atoms with Gasteiger partial charge in [0.05, 0.1) is 5.56 Å². The van der Waals surface area contributed by atoms with Crippen LogP contribution in [0.15, 0.2) is 52.9 Å². The maximum atomic E-state index is 11.2. The highest BCUT2D eigenvalue weighted by molar-refractivity contribution is 6.00. The summed E-state index contributed by atoms with van der Waals surface area (Å²) in [5, 5.41) is 9.80. The monoisotopic (exact) mass is 392 g/mol. The van der Waals surface area contributed by atoms with E-state index in [9.17, 15) is 9.59 Å². The first kappa shape index (κ1) is 19.2. The number of primary amides is 1. The summed E-state index contributed by atoms with van der Waals surface area (Å²) in [5.41, 5.74) is 7.33. The maximum absolute atomic E-state index is 11.2. The highest BCUT2D eigenvalue weighted by Crippen LogP contribution is 2.31. The molecule has 6 rings (SSSR count). The van der Waals surface area contributed by atoms with Crippen molar-refractivity contribution in [3.63, 3.8) is 0 Å². The molecule has 0 saturated carbocycles. The molecule has 3 fully saturated rings. The van der Waals surface area contributed by atoms with Crippen molar-refractivity contribution in [2.45, 2.75) is 19.3 Å². The van der Waals surface area contributed by atoms with Crippen LogP contribution < -0.4 is 5.73 Å². The maximum Gasteiger partial charge on any atom is 0.335 e. The van der Waals surface area contributed by atoms with E-state index >= 15 is 0 Å². The van der Waals surface area contributed by atoms with Crippen molar-refractivity contribution in [3.05, 3.63) is 59.9 Å². The van der Waals surface area contributed by atoms with Crippen LogP contribution in [-0.4, -0.2) is 41.5 Å². The van der Waals surface area contributed by atoms with Gasteiger partial charge in [0, 0.05) is 10.9 Å². The number of carboxylic acids is 1. The predicted molar refractivity (Wildman–Crippen MR) is 111 cm³/mol. The molecule has 0 spiro atoms. The van der Waals surface area contributed by atoms with Gasteiger partial charge in [-0.1, -0.05) is 30.3 Å². The molecule has 6 nitrogen and oxygen atoms in total. The van der Waals surface area contributed by atoms with Crippen LogP contribution in [0.3, 0.4) is 0 Å². The lowest BCUT2D eigenvalue weighted by Gasteiger charge is -2.38. The van der Waals surface area contributed by atoms with Gasteiger partial charge in [-0.2, -0.15) is 0 Å². The van der Waals surface area contributed by atoms with Gasteiger partial charge in [-0.15, -0.1) is 0 Å². The van der Waals surface area contributed by atoms with E-state index in [1.807, 2.05) is 6.07 Å². The number of para-hydroxylation sites is 1. The number of carboxylic acid groups (broad SMARTS) is 1. The van der Waals surface area contributed by atoms with E-state index in [0.717, 1.165) is 11.3 Å². The Morgan fingerprint density at radius 2 is 1.69 bits per heavy atom. The Bertz CT molecular complexity index is 1020. The molecule has 1 amide bonds. The number of aromatic carboxylic acids is 1. The highest BCUT2D eigenvalue weighted by Gasteiger charge is 2.24. The van der Waals surface area contributed by atoms with E-state index in [1.165, 1.54) is 45.0 Å². The molecule has 0 unspecified atom stereocenters. The van der Waals surface area contributed by atoms with Gasteiger partial charge in [-0.3, -0.25) is 4.79 Å². The molecule has 1 aromatic heterocycles. The van der Waals surface area contributed by atoms with Gasteiger partial charge in [-0.25, -0.2) is 4.79 Å². The Kier molecular flexibility index (Phi) is 5.36. The average Bonchev–Trinajstić information content (AvgIpc) is 3.20. The van der Waals surface area contributed by atoms with Crippen LogP contribution in [-0.2, 0) is 0 Å². The molecule has 3 aliphatic heterocycles. The zero-order chi connectivity index (χ0) is 20.4. The molecule has 4 heterocycles. The molecular weight excluding hydrogens is 368 g/mol. The van der Waals surface area contributed by atoms with E-state index in [-0.39, 0.29) is 11.3 Å². The second-order valence-electron chi connectivity index (χ2n) is 7.66. The van der Waals surface area contributed by atoms with Gasteiger partial charge in [-0.05, 0) is 68.6 Å². The van der Waals surface area contributed by atoms with Crippen molar-refractivity contribution < 1.29 is 19.1 Å². The van der Waals surface area contributed by atoms with E-state index < -0.39 is 11.9 Å². The molecule has 150 valence electrons. The third kappa shape index (κ3) is 4.17. The average molecular weight is 392 g/mol. The number of hydrogen-bond donors (Lipinski definition) is 2. The van der Waals surface area contributed by atoms with Crippen molar-refractivity contribution >= 4 is 22.8 Å². The first-order valence-electron chi connectivity index (χ1n) is 9.89. The van der Waals surface area contributed by atoms with Gasteiger partial charge in [0.15, 0.2) is 5.76 Å². The summed E-state index contributed by atoms with van der Waals surface area (Å²) in [6.07, 6.45) is 4.46. The fourth-order valence-electron chi connectivity index (χ4n) is 4.10. The molecule has 0 atom stereocenters. The minimum absolute atomic E-state index is 0.0758. The summed E-state index contributed by atoms with van der Waals surface area (Å²) in [6, 6.07) is 13.5. The van der Waals surface area contributed by atoms with Gasteiger partial charge < -0.3 is 20.2 Å². The molecule has 3 aromatic rings. The number of carbonyl (C=O) groups excluding carboxylic acids is 1. The van der Waals surface area contributed by atoms with Crippen LogP contribution in [0.25, 0.3) is 22.1 Å². The fourth-order valence-corrected chi connectivity index (χ4v) is 4.10. The number of benzene rings is 2. The quantitative estimate of drug-likeness (QED) is 0.702. The molecule has 29 heavy (non-hydrogen) atoms. The number of carbonyl (C=O) groups is 2. The number of amides is 1. The molecule has 3 saturated heterocycles. The molecule has 2 bridgehead atoms. The molecule has 0 aliphatic carbocycles. The SMILES string of the molecule is C1CN2CCC1CC2.NC(=O)c1cc2cccc(-c3cccc(C(=O)O)c3)c2o1. The number of hydrogen-bond acceptors (Lipinski definition) is 4. The molecule has 3 aliphatic rings. The number of nitrogens with two attached hydrogens (primary N) is 1. The van der Waals surface area contributed by atoms with Crippen LogP contribution in [0.5, 0.6) is 0 Å². The molecule has 6 heteroatoms. The van der Waals surface area contributed by atoms with Crippen molar-refractivity contribution in [1.29, 1.82) is 0 Å². The van der Waals surface area contributed by atoms with Crippen LogP contribution in [0.4, 0.5) is 0 Å². The summed E-state index contributed by atoms with van der Waals surface area (Å²) in [7, 11) is 0. The second-order valence-corrected chi connectivity index (χ2v) is 7.66. The second kappa shape index (κ2) is 8.09. The van der Waals surface area contributed by atoms with E-state index in [2.05, 4.69) is 4.90 Å². The molecule has 0 radical (unpaired) electrons. The normalized spacial score (nSPS) is 20.1. The Hall–Kier alpha value is -3.12. The minimum Gasteiger partial charge on any atom is -0.478 e. The third-order valence-electron chi connectivity index (χ3n) is 5.77. The molecule has 2 aromatic carbocycles. The van der Waals surface area contributed by atoms with Crippen LogP contribution >= 0.6 is 0 Å². The van der Waals surface area contributed by atoms with Crippen LogP contribution in [0, 0.1) is 5.92 Å². The standard InChI is InChI=1S/C16H11NO4.C7H13N/c17-15(18)13-8-10-4-2-6-12(14(10)21-13)9-3-1-5-11(7-9)16(19)20;1-4-8-5-2-7(1)3-6-8/h1-8H,(H2,17,18)(H,19,20);7H,1-6H2. The van der Waals surface area contributed by atoms with E-state index in [4.69, 9.17) is 15.3 Å². The van der Waals surface area contributed by atoms with Crippen molar-refractivity contribution in [2.24, 2.45) is 11.7 Å². The number of piperidine rings is 3. The van der Waals surface area contributed by atoms with Gasteiger partial charge in [0.1, 0.15) is 5.58 Å². The Balaban J connectivity index is 0.000000211. The summed E-state index contributed by atoms with van der Waals surface area (Å²) in [4.78, 5) is 24.9. The lowest BCUT2D eigenvalue weighted by molar-refractivity contribution is 0.0696. The zero-order valence-corrected chi connectivity index (χ0v) is 16.1. The topological polar surface area (TPSA) is 96.8 Å². The fraction of sp³-hybridized carbons (Fsp3) is 0.304. The smallest absolute Gasteiger partial charge is 0.335 e. The summed E-state index contributed by atoms with van der Waals surface area (Å²) < 4.78 is 5.49. The lowest BCUT2D eigenvalue weighted by atomic mass is 9.89. The first-order chi connectivity index (χ1) is 14.0. The van der Waals surface area contributed by atoms with Gasteiger partial charge in [0.25, 0.3) is 5.91 Å². The number of rotatable bonds is 3. The van der Waals surface area contributed by atoms with Crippen LogP contribution in [0.2, 0.25) is 0 Å². The minimum atomic E-state index is -0.999. The van der Waals surface area contributed by atoms with Crippen molar-refractivity contribution in [2.75, 3.05) is 19.6 Å². The summed E-state index contributed by atoms with van der Waals surface area (Å²) in [5.74, 6) is -0.454. The summed E-state index contributed by atoms with van der Waals surface area (Å²) >= 11 is 0. The Labute approximate surface area is 168 Å². The molecule has 3 N–H and O–H groups in total. The number of fused-ring (bicyclic) bond motifs is 4. The largest absolute Gasteiger partial charge is 0.478 e. The van der Waals surface area contributed by atoms with Crippen molar-refractivity contribution in [3.8, 4) is 11.1 Å².